The third-order valence-electron chi connectivity index (χ3n) is 6.25. The average Bonchev–Trinajstić information content (AvgIpc) is 2.79. The molecule has 4 rings (SSSR count). The highest BCUT2D eigenvalue weighted by molar-refractivity contribution is 5.62. The summed E-state index contributed by atoms with van der Waals surface area (Å²) >= 11 is 0. The number of nitrogens with zero attached hydrogens (tertiary/aromatic N) is 5. The molecule has 0 saturated carbocycles. The van der Waals surface area contributed by atoms with E-state index in [1.165, 1.54) is 56.1 Å². The fourth-order valence-electron chi connectivity index (χ4n) is 4.21. The number of aryl methyl sites for hydroxylation is 2. The quantitative estimate of drug-likeness (QED) is 0.676. The summed E-state index contributed by atoms with van der Waals surface area (Å²) in [6.45, 7) is 8.49. The molecule has 1 aliphatic heterocycles. The maximum Gasteiger partial charge on any atom is 0.222 e. The second-order valence-electron chi connectivity index (χ2n) is 8.87. The Balaban J connectivity index is 0.000000339. The van der Waals surface area contributed by atoms with Crippen LogP contribution in [-0.2, 0) is 12.8 Å². The van der Waals surface area contributed by atoms with Crippen LogP contribution in [0.4, 0.5) is 11.8 Å². The second-order valence-corrected chi connectivity index (χ2v) is 8.87. The molecule has 6 heteroatoms. The second kappa shape index (κ2) is 12.0. The summed E-state index contributed by atoms with van der Waals surface area (Å²) in [5.74, 6) is 1.23. The lowest BCUT2D eigenvalue weighted by molar-refractivity contribution is 0.312. The van der Waals surface area contributed by atoms with Crippen LogP contribution in [0.2, 0.25) is 0 Å². The van der Waals surface area contributed by atoms with Gasteiger partial charge in [0.1, 0.15) is 5.82 Å². The number of likely N-dealkylation sites (N-methyl/N-ethyl adjacent to an activating group) is 1. The number of fused-ring (bicyclic) bond motifs is 1. The van der Waals surface area contributed by atoms with Crippen molar-refractivity contribution in [3.8, 4) is 11.4 Å². The summed E-state index contributed by atoms with van der Waals surface area (Å²) in [4.78, 5) is 18.1. The van der Waals surface area contributed by atoms with Crippen molar-refractivity contribution in [1.82, 2.24) is 19.9 Å². The summed E-state index contributed by atoms with van der Waals surface area (Å²) in [7, 11) is 2.15. The maximum absolute atomic E-state index is 5.98. The van der Waals surface area contributed by atoms with Gasteiger partial charge in [-0.3, -0.25) is 4.98 Å². The van der Waals surface area contributed by atoms with Gasteiger partial charge in [0, 0.05) is 38.4 Å². The highest BCUT2D eigenvalue weighted by Crippen LogP contribution is 2.27. The third-order valence-corrected chi connectivity index (χ3v) is 6.25. The van der Waals surface area contributed by atoms with E-state index in [1.807, 2.05) is 12.3 Å². The summed E-state index contributed by atoms with van der Waals surface area (Å²) < 4.78 is 0. The molecule has 0 unspecified atom stereocenters. The van der Waals surface area contributed by atoms with Gasteiger partial charge in [-0.05, 0) is 49.9 Å². The molecule has 0 radical (unpaired) electrons. The Morgan fingerprint density at radius 3 is 2.19 bits per heavy atom. The first-order valence-electron chi connectivity index (χ1n) is 12.2. The molecule has 1 fully saturated rings. The molecule has 31 heavy (non-hydrogen) atoms. The molecule has 0 spiro atoms. The van der Waals surface area contributed by atoms with E-state index in [-0.39, 0.29) is 0 Å². The van der Waals surface area contributed by atoms with Gasteiger partial charge in [-0.1, -0.05) is 46.0 Å². The van der Waals surface area contributed by atoms with E-state index < -0.39 is 0 Å². The van der Waals surface area contributed by atoms with Crippen LogP contribution in [0.15, 0.2) is 18.3 Å². The average molecular weight is 425 g/mol. The lowest BCUT2D eigenvalue weighted by atomic mass is 9.92. The Bertz CT molecular complexity index is 810. The van der Waals surface area contributed by atoms with E-state index in [9.17, 15) is 0 Å². The van der Waals surface area contributed by atoms with Crippen molar-refractivity contribution < 1.29 is 0 Å². The Kier molecular flexibility index (Phi) is 9.07. The van der Waals surface area contributed by atoms with Gasteiger partial charge in [0.25, 0.3) is 0 Å². The number of rotatable bonds is 6. The molecule has 0 atom stereocenters. The minimum atomic E-state index is 0.320. The van der Waals surface area contributed by atoms with Crippen LogP contribution in [-0.4, -0.2) is 53.1 Å². The van der Waals surface area contributed by atoms with Crippen LogP contribution >= 0.6 is 0 Å². The van der Waals surface area contributed by atoms with Crippen LogP contribution in [0.25, 0.3) is 11.4 Å². The highest BCUT2D eigenvalue weighted by Gasteiger charge is 2.18. The molecule has 6 nitrogen and oxygen atoms in total. The number of pyridine rings is 1. The first-order chi connectivity index (χ1) is 15.1. The number of piperazine rings is 1. The number of hydrogen-bond acceptors (Lipinski definition) is 6. The minimum absolute atomic E-state index is 0.320. The number of unbranched alkanes of at least 4 members (excludes halogenated alkanes) is 4. The predicted molar refractivity (Wildman–Crippen MR) is 130 cm³/mol. The number of aromatic nitrogens is 3. The van der Waals surface area contributed by atoms with Gasteiger partial charge < -0.3 is 15.5 Å². The molecule has 1 saturated heterocycles. The molecule has 0 bridgehead atoms. The predicted octanol–water partition coefficient (Wildman–Crippen LogP) is 4.73. The highest BCUT2D eigenvalue weighted by atomic mass is 15.3. The molecule has 170 valence electrons. The first kappa shape index (κ1) is 23.5. The molecule has 1 aliphatic carbocycles. The van der Waals surface area contributed by atoms with E-state index in [2.05, 4.69) is 51.7 Å². The lowest BCUT2D eigenvalue weighted by Crippen LogP contribution is -2.44. The number of anilines is 2. The standard InChI is InChI=1S/C18H24N6.C7H16/c1-23-6-8-24(9-7-23)17-11-16(21-18(19)22-17)15-10-13-4-2-3-5-14(13)12-20-15;1-3-5-7-6-4-2/h10-12H,2-9H2,1H3,(H2,19,21,22);3-7H2,1-2H3. The molecule has 2 aromatic heterocycles. The number of hydrogen-bond donors (Lipinski definition) is 1. The zero-order valence-corrected chi connectivity index (χ0v) is 19.7. The Morgan fingerprint density at radius 1 is 0.839 bits per heavy atom. The molecule has 2 aliphatic rings. The van der Waals surface area contributed by atoms with Gasteiger partial charge in [-0.15, -0.1) is 0 Å². The molecule has 2 N–H and O–H groups in total. The molecule has 0 amide bonds. The summed E-state index contributed by atoms with van der Waals surface area (Å²) in [6.07, 6.45) is 13.8. The van der Waals surface area contributed by atoms with Crippen LogP contribution in [0.5, 0.6) is 0 Å². The van der Waals surface area contributed by atoms with Crippen molar-refractivity contribution in [1.29, 1.82) is 0 Å². The SMILES string of the molecule is CCCCCCC.CN1CCN(c2cc(-c3cc4c(cn3)CCCC4)nc(N)n2)CC1. The maximum atomic E-state index is 5.98. The zero-order chi connectivity index (χ0) is 22.1. The summed E-state index contributed by atoms with van der Waals surface area (Å²) in [5.41, 5.74) is 10.5. The number of nitrogens with two attached hydrogens (primary N) is 1. The van der Waals surface area contributed by atoms with Crippen LogP contribution < -0.4 is 10.6 Å². The van der Waals surface area contributed by atoms with E-state index in [4.69, 9.17) is 5.73 Å². The van der Waals surface area contributed by atoms with Gasteiger partial charge >= 0.3 is 0 Å². The molecule has 3 heterocycles. The lowest BCUT2D eigenvalue weighted by Gasteiger charge is -2.33. The van der Waals surface area contributed by atoms with E-state index in [1.54, 1.807) is 0 Å². The Hall–Kier alpha value is -2.21. The first-order valence-corrected chi connectivity index (χ1v) is 12.2. The van der Waals surface area contributed by atoms with Crippen molar-refractivity contribution in [3.05, 3.63) is 29.5 Å². The topological polar surface area (TPSA) is 71.2 Å². The fraction of sp³-hybridized carbons (Fsp3) is 0.640. The van der Waals surface area contributed by atoms with Crippen LogP contribution in [0.1, 0.15) is 69.9 Å². The molecular weight excluding hydrogens is 384 g/mol. The van der Waals surface area contributed by atoms with E-state index in [0.29, 0.717) is 5.95 Å². The van der Waals surface area contributed by atoms with Gasteiger partial charge in [-0.2, -0.15) is 4.98 Å². The van der Waals surface area contributed by atoms with E-state index >= 15 is 0 Å². The Morgan fingerprint density at radius 2 is 1.52 bits per heavy atom. The number of nitrogen functional groups attached to an aromatic ring is 1. The van der Waals surface area contributed by atoms with Crippen LogP contribution in [0, 0.1) is 0 Å². The molecule has 2 aromatic rings. The largest absolute Gasteiger partial charge is 0.368 e. The third kappa shape index (κ3) is 6.89. The van der Waals surface area contributed by atoms with Crippen LogP contribution in [0.3, 0.4) is 0 Å². The van der Waals surface area contributed by atoms with Gasteiger partial charge in [-0.25, -0.2) is 4.98 Å². The van der Waals surface area contributed by atoms with Crippen molar-refractivity contribution in [2.24, 2.45) is 0 Å². The normalized spacial score (nSPS) is 16.4. The van der Waals surface area contributed by atoms with Crippen molar-refractivity contribution in [2.75, 3.05) is 43.9 Å². The van der Waals surface area contributed by atoms with Crippen molar-refractivity contribution >= 4 is 11.8 Å². The van der Waals surface area contributed by atoms with Crippen molar-refractivity contribution in [2.45, 2.75) is 71.6 Å². The van der Waals surface area contributed by atoms with E-state index in [0.717, 1.165) is 56.2 Å². The zero-order valence-electron chi connectivity index (χ0n) is 19.7. The van der Waals surface area contributed by atoms with Gasteiger partial charge in [0.05, 0.1) is 11.4 Å². The van der Waals surface area contributed by atoms with Gasteiger partial charge in [0.2, 0.25) is 5.95 Å². The van der Waals surface area contributed by atoms with Crippen molar-refractivity contribution in [3.63, 3.8) is 0 Å². The fourth-order valence-corrected chi connectivity index (χ4v) is 4.21. The molecular formula is C25H40N6. The summed E-state index contributed by atoms with van der Waals surface area (Å²) in [5, 5.41) is 0. The summed E-state index contributed by atoms with van der Waals surface area (Å²) in [6, 6.07) is 4.21. The molecule has 0 aromatic carbocycles. The monoisotopic (exact) mass is 424 g/mol. The minimum Gasteiger partial charge on any atom is -0.368 e. The Labute approximate surface area is 188 Å². The van der Waals surface area contributed by atoms with Gasteiger partial charge in [0.15, 0.2) is 0 Å². The smallest absolute Gasteiger partial charge is 0.222 e.